The molecule has 6 aromatic carbocycles. The first-order chi connectivity index (χ1) is 25.9. The molecule has 0 amide bonds. The average molecular weight is 753 g/mol. The highest BCUT2D eigenvalue weighted by molar-refractivity contribution is 6.15. The van der Waals surface area contributed by atoms with E-state index in [1.54, 1.807) is 0 Å². The third-order valence-corrected chi connectivity index (χ3v) is 14.7. The van der Waals surface area contributed by atoms with Crippen molar-refractivity contribution in [1.82, 2.24) is 0 Å². The molecule has 0 spiro atoms. The van der Waals surface area contributed by atoms with Crippen LogP contribution < -0.4 is 0 Å². The summed E-state index contributed by atoms with van der Waals surface area (Å²) in [5, 5.41) is 49.4. The molecule has 0 aliphatic rings. The maximum absolute atomic E-state index is 11.7. The number of phenolic OH excluding ortho intramolecular Hbond substituents is 4. The minimum atomic E-state index is 0.269. The lowest BCUT2D eigenvalue weighted by Crippen LogP contribution is -2.03. The summed E-state index contributed by atoms with van der Waals surface area (Å²) in [5.74, 6) is 1.10. The van der Waals surface area contributed by atoms with Gasteiger partial charge in [-0.3, -0.25) is 0 Å². The summed E-state index contributed by atoms with van der Waals surface area (Å²) in [4.78, 5) is 0. The van der Waals surface area contributed by atoms with Crippen molar-refractivity contribution in [2.24, 2.45) is 0 Å². The lowest BCUT2D eigenvalue weighted by molar-refractivity contribution is 0.463. The lowest BCUT2D eigenvalue weighted by atomic mass is 9.79. The number of rotatable bonds is 2. The number of phenols is 4. The minimum absolute atomic E-state index is 0.269. The van der Waals surface area contributed by atoms with Crippen LogP contribution in [0.2, 0.25) is 0 Å². The van der Waals surface area contributed by atoms with Crippen LogP contribution >= 0.6 is 0 Å². The van der Waals surface area contributed by atoms with E-state index in [0.717, 1.165) is 99.8 Å². The molecule has 0 saturated heterocycles. The highest BCUT2D eigenvalue weighted by atomic mass is 16.3. The molecule has 4 nitrogen and oxygen atoms in total. The van der Waals surface area contributed by atoms with Crippen LogP contribution in [0.4, 0.5) is 0 Å². The summed E-state index contributed by atoms with van der Waals surface area (Å²) >= 11 is 0. The number of aryl methyl sites for hydroxylation is 6. The monoisotopic (exact) mass is 752 g/mol. The van der Waals surface area contributed by atoms with Crippen LogP contribution in [0.25, 0.3) is 43.8 Å². The highest BCUT2D eigenvalue weighted by Crippen LogP contribution is 2.53. The molecule has 0 saturated carbocycles. The Morgan fingerprint density at radius 2 is 0.321 bits per heavy atom. The van der Waals surface area contributed by atoms with E-state index in [9.17, 15) is 20.4 Å². The molecule has 56 heavy (non-hydrogen) atoms. The zero-order chi connectivity index (χ0) is 42.5. The molecule has 0 radical (unpaired) electrons. The summed E-state index contributed by atoms with van der Waals surface area (Å²) in [6, 6.07) is 0. The molecule has 0 aliphatic heterocycles. The smallest absolute Gasteiger partial charge is 0.127 e. The van der Waals surface area contributed by atoms with Gasteiger partial charge in [-0.1, -0.05) is 0 Å². The first-order valence-electron chi connectivity index (χ1n) is 19.9. The van der Waals surface area contributed by atoms with Crippen LogP contribution in [0.5, 0.6) is 23.0 Å². The van der Waals surface area contributed by atoms with Crippen molar-refractivity contribution in [3.05, 3.63) is 111 Å². The van der Waals surface area contributed by atoms with Crippen molar-refractivity contribution in [2.75, 3.05) is 0 Å². The summed E-state index contributed by atoms with van der Waals surface area (Å²) in [6.07, 6.45) is 0. The van der Waals surface area contributed by atoms with Gasteiger partial charge in [0.15, 0.2) is 0 Å². The predicted molar refractivity (Wildman–Crippen MR) is 240 cm³/mol. The Bertz CT molecular complexity index is 2440. The molecular formula is C52H64O4. The van der Waals surface area contributed by atoms with Gasteiger partial charge in [-0.25, -0.2) is 0 Å². The summed E-state index contributed by atoms with van der Waals surface area (Å²) in [7, 11) is 0. The molecule has 0 aliphatic carbocycles. The predicted octanol–water partition coefficient (Wildman–Crippen LogP) is 14.0. The average Bonchev–Trinajstić information content (AvgIpc) is 3.17. The van der Waals surface area contributed by atoms with E-state index >= 15 is 0 Å². The fourth-order valence-electron chi connectivity index (χ4n) is 9.21. The van der Waals surface area contributed by atoms with Crippen molar-refractivity contribution in [1.29, 1.82) is 0 Å². The van der Waals surface area contributed by atoms with E-state index in [2.05, 4.69) is 83.1 Å². The Balaban J connectivity index is 0.000000236. The van der Waals surface area contributed by atoms with Crippen LogP contribution in [0, 0.1) is 138 Å². The van der Waals surface area contributed by atoms with Gasteiger partial charge in [-0.15, -0.1) is 0 Å². The Morgan fingerprint density at radius 1 is 0.161 bits per heavy atom. The van der Waals surface area contributed by atoms with E-state index in [-0.39, 0.29) is 23.0 Å². The van der Waals surface area contributed by atoms with Gasteiger partial charge in [0.2, 0.25) is 0 Å². The molecule has 4 N–H and O–H groups in total. The maximum atomic E-state index is 11.7. The number of aromatic hydroxyl groups is 4. The van der Waals surface area contributed by atoms with Gasteiger partial charge in [0.25, 0.3) is 0 Å². The molecule has 0 fully saturated rings. The molecule has 0 heterocycles. The van der Waals surface area contributed by atoms with Crippen molar-refractivity contribution < 1.29 is 20.4 Å². The van der Waals surface area contributed by atoms with Gasteiger partial charge in [-0.05, 0) is 271 Å². The Morgan fingerprint density at radius 3 is 0.589 bits per heavy atom. The van der Waals surface area contributed by atoms with Gasteiger partial charge >= 0.3 is 0 Å². The van der Waals surface area contributed by atoms with Crippen LogP contribution in [0.15, 0.2) is 0 Å². The molecule has 0 bridgehead atoms. The zero-order valence-electron chi connectivity index (χ0n) is 37.8. The van der Waals surface area contributed by atoms with Gasteiger partial charge in [-0.2, -0.15) is 0 Å². The number of hydrogen-bond acceptors (Lipinski definition) is 4. The molecular weight excluding hydrogens is 689 g/mol. The van der Waals surface area contributed by atoms with Crippen molar-refractivity contribution in [3.63, 3.8) is 0 Å². The fraction of sp³-hybridized carbons (Fsp3) is 0.385. The summed E-state index contributed by atoms with van der Waals surface area (Å²) in [6.45, 7) is 41.6. The van der Waals surface area contributed by atoms with Crippen molar-refractivity contribution >= 4 is 21.5 Å². The second kappa shape index (κ2) is 14.5. The first kappa shape index (κ1) is 42.2. The van der Waals surface area contributed by atoms with Crippen molar-refractivity contribution in [3.8, 4) is 45.3 Å². The molecule has 4 heteroatoms. The Hall–Kier alpha value is -4.96. The Labute approximate surface area is 335 Å². The molecule has 6 aromatic rings. The lowest BCUT2D eigenvalue weighted by Gasteiger charge is -2.26. The highest BCUT2D eigenvalue weighted by Gasteiger charge is 2.28. The van der Waals surface area contributed by atoms with Crippen molar-refractivity contribution in [2.45, 2.75) is 138 Å². The second-order valence-electron chi connectivity index (χ2n) is 16.9. The quantitative estimate of drug-likeness (QED) is 0.142. The minimum Gasteiger partial charge on any atom is -0.507 e. The van der Waals surface area contributed by atoms with E-state index in [4.69, 9.17) is 0 Å². The summed E-state index contributed by atoms with van der Waals surface area (Å²) < 4.78 is 0. The van der Waals surface area contributed by atoms with Crippen LogP contribution in [0.1, 0.15) is 111 Å². The van der Waals surface area contributed by atoms with Gasteiger partial charge < -0.3 is 20.4 Å². The SMILES string of the molecule is Cc1c(C)c(C)c(-c2c(C)c(C)c(C)c(C)c2O)c(O)c1C.Cc1c(C)c(C)c2c(-c3c(O)c(C)c(C)c4c(C)c(C)c(C)c(C)c34)c(O)c(C)c(C)c2c1C. The fourth-order valence-corrected chi connectivity index (χ4v) is 9.21. The molecule has 296 valence electrons. The topological polar surface area (TPSA) is 80.9 Å². The van der Waals surface area contributed by atoms with Gasteiger partial charge in [0.05, 0.1) is 0 Å². The molecule has 6 rings (SSSR count). The van der Waals surface area contributed by atoms with E-state index in [0.29, 0.717) is 0 Å². The van der Waals surface area contributed by atoms with Crippen LogP contribution in [-0.2, 0) is 0 Å². The molecule has 0 atom stereocenters. The Kier molecular flexibility index (Phi) is 10.9. The number of benzene rings is 6. The van der Waals surface area contributed by atoms with E-state index < -0.39 is 0 Å². The second-order valence-corrected chi connectivity index (χ2v) is 16.9. The standard InChI is InChI=1S/C32H38O2.C20H26O2/c1-13-15(3)19(7)27-25(17(13)5)21(9)23(11)31(33)29(27)30-28-20(8)16(4)14(2)18(6)26(28)22(10)24(12)32(30)34;1-9-11(3)15(7)19(21)17(13(9)5)18-14(6)10(2)12(4)16(8)20(18)22/h33-34H,1-12H3;21-22H,1-8H3. The first-order valence-corrected chi connectivity index (χ1v) is 19.9. The molecule has 0 aromatic heterocycles. The third-order valence-electron chi connectivity index (χ3n) is 14.7. The van der Waals surface area contributed by atoms with Gasteiger partial charge in [0, 0.05) is 22.3 Å². The normalized spacial score (nSPS) is 11.5. The van der Waals surface area contributed by atoms with Gasteiger partial charge in [0.1, 0.15) is 23.0 Å². The number of fused-ring (bicyclic) bond motifs is 2. The largest absolute Gasteiger partial charge is 0.507 e. The molecule has 0 unspecified atom stereocenters. The zero-order valence-corrected chi connectivity index (χ0v) is 37.8. The van der Waals surface area contributed by atoms with Crippen LogP contribution in [-0.4, -0.2) is 20.4 Å². The van der Waals surface area contributed by atoms with E-state index in [1.165, 1.54) is 55.3 Å². The maximum Gasteiger partial charge on any atom is 0.127 e. The summed E-state index contributed by atoms with van der Waals surface area (Å²) in [5.41, 5.74) is 25.2. The third kappa shape index (κ3) is 5.85. The van der Waals surface area contributed by atoms with Crippen LogP contribution in [0.3, 0.4) is 0 Å². The number of hydrogen-bond donors (Lipinski definition) is 4. The van der Waals surface area contributed by atoms with E-state index in [1.807, 2.05) is 55.4 Å².